The minimum absolute atomic E-state index is 0.244. The number of rotatable bonds is 10. The van der Waals surface area contributed by atoms with Crippen LogP contribution in [0, 0.1) is 0 Å². The first kappa shape index (κ1) is 22.9. The van der Waals surface area contributed by atoms with Crippen molar-refractivity contribution in [3.8, 4) is 5.75 Å². The third-order valence-corrected chi connectivity index (χ3v) is 5.42. The highest BCUT2D eigenvalue weighted by Gasteiger charge is 2.23. The van der Waals surface area contributed by atoms with E-state index in [1.807, 2.05) is 37.4 Å². The molecule has 0 saturated carbocycles. The number of morpholine rings is 1. The predicted molar refractivity (Wildman–Crippen MR) is 127 cm³/mol. The molecule has 7 nitrogen and oxygen atoms in total. The molecule has 3 rings (SSSR count). The maximum atomic E-state index is 5.55. The molecule has 1 aliphatic rings. The Morgan fingerprint density at radius 2 is 1.77 bits per heavy atom. The Morgan fingerprint density at radius 1 is 1.03 bits per heavy atom. The summed E-state index contributed by atoms with van der Waals surface area (Å²) >= 11 is 0. The van der Waals surface area contributed by atoms with E-state index in [1.54, 1.807) is 7.11 Å². The van der Waals surface area contributed by atoms with Gasteiger partial charge in [-0.1, -0.05) is 30.3 Å². The van der Waals surface area contributed by atoms with E-state index in [4.69, 9.17) is 9.47 Å². The second kappa shape index (κ2) is 12.8. The molecule has 0 spiro atoms. The van der Waals surface area contributed by atoms with Crippen molar-refractivity contribution in [2.45, 2.75) is 12.5 Å². The van der Waals surface area contributed by atoms with E-state index in [0.29, 0.717) is 0 Å². The van der Waals surface area contributed by atoms with Gasteiger partial charge < -0.3 is 25.4 Å². The largest absolute Gasteiger partial charge is 0.497 e. The van der Waals surface area contributed by atoms with E-state index in [-0.39, 0.29) is 6.04 Å². The molecular formula is C24H35N5O2. The summed E-state index contributed by atoms with van der Waals surface area (Å²) in [5, 5.41) is 10.4. The Hall–Kier alpha value is -2.77. The van der Waals surface area contributed by atoms with Gasteiger partial charge in [-0.2, -0.15) is 0 Å². The number of hydrogen-bond acceptors (Lipinski definition) is 5. The van der Waals surface area contributed by atoms with Crippen LogP contribution >= 0.6 is 0 Å². The lowest BCUT2D eigenvalue weighted by atomic mass is 10.0. The molecule has 2 aromatic carbocycles. The molecule has 0 radical (unpaired) electrons. The zero-order valence-corrected chi connectivity index (χ0v) is 18.6. The lowest BCUT2D eigenvalue weighted by Gasteiger charge is -2.35. The summed E-state index contributed by atoms with van der Waals surface area (Å²) in [6.07, 6.45) is 1.00. The lowest BCUT2D eigenvalue weighted by Crippen LogP contribution is -2.46. The minimum Gasteiger partial charge on any atom is -0.497 e. The van der Waals surface area contributed by atoms with E-state index in [1.165, 1.54) is 5.56 Å². The van der Waals surface area contributed by atoms with Gasteiger partial charge in [-0.05, 0) is 36.2 Å². The highest BCUT2D eigenvalue weighted by Crippen LogP contribution is 2.23. The highest BCUT2D eigenvalue weighted by molar-refractivity contribution is 5.79. The normalized spacial score (nSPS) is 15.9. The number of ether oxygens (including phenoxy) is 2. The standard InChI is InChI=1S/C24H35N5O2/c1-25-24(27-14-6-13-26-21-7-4-3-5-8-21)28-19-23(29-15-17-31-18-16-29)20-9-11-22(30-2)12-10-20/h3-5,7-12,23,26H,6,13-19H2,1-2H3,(H2,25,27,28). The van der Waals surface area contributed by atoms with E-state index in [2.05, 4.69) is 50.1 Å². The van der Waals surface area contributed by atoms with Crippen LogP contribution in [0.25, 0.3) is 0 Å². The van der Waals surface area contributed by atoms with Crippen molar-refractivity contribution >= 4 is 11.6 Å². The summed E-state index contributed by atoms with van der Waals surface area (Å²) in [6, 6.07) is 18.9. The van der Waals surface area contributed by atoms with Crippen LogP contribution in [0.15, 0.2) is 59.6 Å². The number of nitrogens with one attached hydrogen (secondary N) is 3. The Balaban J connectivity index is 1.48. The van der Waals surface area contributed by atoms with Crippen molar-refractivity contribution in [1.82, 2.24) is 15.5 Å². The van der Waals surface area contributed by atoms with Crippen molar-refractivity contribution in [1.29, 1.82) is 0 Å². The van der Waals surface area contributed by atoms with Gasteiger partial charge in [-0.25, -0.2) is 0 Å². The van der Waals surface area contributed by atoms with Gasteiger partial charge >= 0.3 is 0 Å². The van der Waals surface area contributed by atoms with Crippen LogP contribution in [0.2, 0.25) is 0 Å². The quantitative estimate of drug-likeness (QED) is 0.309. The summed E-state index contributed by atoms with van der Waals surface area (Å²) in [4.78, 5) is 6.86. The predicted octanol–water partition coefficient (Wildman–Crippen LogP) is 2.74. The number of guanidine groups is 1. The maximum Gasteiger partial charge on any atom is 0.191 e. The molecule has 1 fully saturated rings. The number of anilines is 1. The second-order valence-electron chi connectivity index (χ2n) is 7.46. The van der Waals surface area contributed by atoms with Crippen molar-refractivity contribution < 1.29 is 9.47 Å². The fourth-order valence-corrected chi connectivity index (χ4v) is 3.67. The molecule has 0 amide bonds. The highest BCUT2D eigenvalue weighted by atomic mass is 16.5. The van der Waals surface area contributed by atoms with Crippen LogP contribution in [-0.4, -0.2) is 71.0 Å². The third-order valence-electron chi connectivity index (χ3n) is 5.42. The van der Waals surface area contributed by atoms with Gasteiger partial charge in [0.05, 0.1) is 26.4 Å². The molecule has 0 aliphatic carbocycles. The summed E-state index contributed by atoms with van der Waals surface area (Å²) in [5.41, 5.74) is 2.41. The van der Waals surface area contributed by atoms with Gasteiger partial charge in [0.1, 0.15) is 5.75 Å². The molecule has 1 saturated heterocycles. The van der Waals surface area contributed by atoms with Crippen LogP contribution in [0.1, 0.15) is 18.0 Å². The number of hydrogen-bond donors (Lipinski definition) is 3. The fourth-order valence-electron chi connectivity index (χ4n) is 3.67. The Kier molecular flexibility index (Phi) is 9.47. The molecule has 1 aliphatic heterocycles. The van der Waals surface area contributed by atoms with Gasteiger partial charge in [0.15, 0.2) is 5.96 Å². The topological polar surface area (TPSA) is 70.2 Å². The van der Waals surface area contributed by atoms with Crippen LogP contribution in [0.5, 0.6) is 5.75 Å². The van der Waals surface area contributed by atoms with Crippen molar-refractivity contribution in [2.75, 3.05) is 65.4 Å². The smallest absolute Gasteiger partial charge is 0.191 e. The molecule has 0 bridgehead atoms. The molecule has 1 atom stereocenters. The Labute approximate surface area is 185 Å². The molecule has 1 heterocycles. The van der Waals surface area contributed by atoms with Gasteiger partial charge in [0.2, 0.25) is 0 Å². The van der Waals surface area contributed by atoms with Crippen molar-refractivity contribution in [3.63, 3.8) is 0 Å². The zero-order chi connectivity index (χ0) is 21.7. The van der Waals surface area contributed by atoms with Crippen LogP contribution < -0.4 is 20.7 Å². The van der Waals surface area contributed by atoms with Gasteiger partial charge in [-0.3, -0.25) is 9.89 Å². The van der Waals surface area contributed by atoms with Gasteiger partial charge in [0.25, 0.3) is 0 Å². The molecule has 31 heavy (non-hydrogen) atoms. The van der Waals surface area contributed by atoms with E-state index in [0.717, 1.165) is 69.8 Å². The summed E-state index contributed by atoms with van der Waals surface area (Å²) in [6.45, 7) is 5.93. The molecule has 2 aromatic rings. The third kappa shape index (κ3) is 7.45. The first-order valence-corrected chi connectivity index (χ1v) is 11.0. The average Bonchev–Trinajstić information content (AvgIpc) is 2.84. The molecule has 3 N–H and O–H groups in total. The monoisotopic (exact) mass is 425 g/mol. The van der Waals surface area contributed by atoms with E-state index >= 15 is 0 Å². The van der Waals surface area contributed by atoms with E-state index < -0.39 is 0 Å². The van der Waals surface area contributed by atoms with Gasteiger partial charge in [-0.15, -0.1) is 0 Å². The Morgan fingerprint density at radius 3 is 2.45 bits per heavy atom. The van der Waals surface area contributed by atoms with Crippen LogP contribution in [0.4, 0.5) is 5.69 Å². The summed E-state index contributed by atoms with van der Waals surface area (Å²) in [7, 11) is 3.51. The number of benzene rings is 2. The summed E-state index contributed by atoms with van der Waals surface area (Å²) < 4.78 is 10.9. The first-order chi connectivity index (χ1) is 15.3. The Bertz CT molecular complexity index is 776. The van der Waals surface area contributed by atoms with Crippen molar-refractivity contribution in [2.24, 2.45) is 4.99 Å². The number of methoxy groups -OCH3 is 1. The van der Waals surface area contributed by atoms with Crippen LogP contribution in [-0.2, 0) is 4.74 Å². The molecule has 168 valence electrons. The van der Waals surface area contributed by atoms with Crippen LogP contribution in [0.3, 0.4) is 0 Å². The second-order valence-corrected chi connectivity index (χ2v) is 7.46. The lowest BCUT2D eigenvalue weighted by molar-refractivity contribution is 0.0170. The van der Waals surface area contributed by atoms with Gasteiger partial charge in [0, 0.05) is 45.5 Å². The van der Waals surface area contributed by atoms with E-state index in [9.17, 15) is 0 Å². The molecule has 1 unspecified atom stereocenters. The number of aliphatic imine (C=N–C) groups is 1. The van der Waals surface area contributed by atoms with Crippen molar-refractivity contribution in [3.05, 3.63) is 60.2 Å². The molecule has 0 aromatic heterocycles. The SMILES string of the molecule is CN=C(NCCCNc1ccccc1)NCC(c1ccc(OC)cc1)N1CCOCC1. The molecule has 7 heteroatoms. The maximum absolute atomic E-state index is 5.55. The molecular weight excluding hydrogens is 390 g/mol. The minimum atomic E-state index is 0.244. The zero-order valence-electron chi connectivity index (χ0n) is 18.6. The number of nitrogens with zero attached hydrogens (tertiary/aromatic N) is 2. The number of para-hydroxylation sites is 1. The summed E-state index contributed by atoms with van der Waals surface area (Å²) in [5.74, 6) is 1.70. The fraction of sp³-hybridized carbons (Fsp3) is 0.458. The first-order valence-electron chi connectivity index (χ1n) is 11.0. The average molecular weight is 426 g/mol.